The molecule has 134 valence electrons. The lowest BCUT2D eigenvalue weighted by Gasteiger charge is -2.21. The van der Waals surface area contributed by atoms with Crippen LogP contribution in [0.15, 0.2) is 54.6 Å². The molecule has 0 saturated carbocycles. The Hall–Kier alpha value is -1.94. The van der Waals surface area contributed by atoms with Crippen molar-refractivity contribution >= 4 is 17.7 Å². The van der Waals surface area contributed by atoms with Gasteiger partial charge in [0.15, 0.2) is 0 Å². The fourth-order valence-electron chi connectivity index (χ4n) is 2.66. The van der Waals surface area contributed by atoms with Crippen LogP contribution < -0.4 is 10.1 Å². The van der Waals surface area contributed by atoms with Crippen molar-refractivity contribution in [3.63, 3.8) is 0 Å². The van der Waals surface area contributed by atoms with Gasteiger partial charge in [-0.3, -0.25) is 4.79 Å². The molecule has 0 bridgehead atoms. The Morgan fingerprint density at radius 3 is 2.36 bits per heavy atom. The lowest BCUT2D eigenvalue weighted by atomic mass is 9.97. The van der Waals surface area contributed by atoms with Crippen molar-refractivity contribution in [2.45, 2.75) is 32.1 Å². The van der Waals surface area contributed by atoms with Crippen LogP contribution in [0, 0.1) is 5.92 Å². The van der Waals surface area contributed by atoms with Crippen LogP contribution in [0.5, 0.6) is 5.75 Å². The SMILES string of the molecule is COc1ccc([C@H](CC(C)C)NC(=O)CSCc2ccccc2)cc1. The Morgan fingerprint density at radius 1 is 1.08 bits per heavy atom. The fourth-order valence-corrected chi connectivity index (χ4v) is 3.46. The number of methoxy groups -OCH3 is 1. The van der Waals surface area contributed by atoms with Crippen molar-refractivity contribution in [2.75, 3.05) is 12.9 Å². The maximum Gasteiger partial charge on any atom is 0.230 e. The lowest BCUT2D eigenvalue weighted by Crippen LogP contribution is -2.30. The predicted octanol–water partition coefficient (Wildman–Crippen LogP) is 4.83. The van der Waals surface area contributed by atoms with Gasteiger partial charge in [-0.15, -0.1) is 11.8 Å². The van der Waals surface area contributed by atoms with E-state index in [1.807, 2.05) is 42.5 Å². The Kier molecular flexibility index (Phi) is 7.86. The van der Waals surface area contributed by atoms with Gasteiger partial charge in [0.1, 0.15) is 5.75 Å². The van der Waals surface area contributed by atoms with Crippen molar-refractivity contribution in [3.8, 4) is 5.75 Å². The van der Waals surface area contributed by atoms with E-state index in [2.05, 4.69) is 31.3 Å². The average molecular weight is 358 g/mol. The van der Waals surface area contributed by atoms with Crippen LogP contribution in [0.1, 0.15) is 37.4 Å². The highest BCUT2D eigenvalue weighted by atomic mass is 32.2. The molecule has 0 aliphatic rings. The number of rotatable bonds is 9. The average Bonchev–Trinajstić information content (AvgIpc) is 2.62. The van der Waals surface area contributed by atoms with Gasteiger partial charge in [-0.05, 0) is 35.6 Å². The number of thioether (sulfide) groups is 1. The van der Waals surface area contributed by atoms with E-state index in [1.54, 1.807) is 18.9 Å². The molecular formula is C21H27NO2S. The number of benzene rings is 2. The van der Waals surface area contributed by atoms with E-state index in [9.17, 15) is 4.79 Å². The summed E-state index contributed by atoms with van der Waals surface area (Å²) in [5.41, 5.74) is 2.37. The maximum absolute atomic E-state index is 12.4. The zero-order valence-electron chi connectivity index (χ0n) is 15.2. The number of carbonyl (C=O) groups is 1. The first-order chi connectivity index (χ1) is 12.1. The molecule has 0 aromatic heterocycles. The first kappa shape index (κ1) is 19.4. The highest BCUT2D eigenvalue weighted by molar-refractivity contribution is 7.99. The number of nitrogens with one attached hydrogen (secondary N) is 1. The third kappa shape index (κ3) is 6.83. The van der Waals surface area contributed by atoms with Crippen molar-refractivity contribution in [3.05, 3.63) is 65.7 Å². The molecule has 0 fully saturated rings. The van der Waals surface area contributed by atoms with Gasteiger partial charge in [0.25, 0.3) is 0 Å². The zero-order valence-corrected chi connectivity index (χ0v) is 16.0. The highest BCUT2D eigenvalue weighted by Gasteiger charge is 2.16. The molecule has 0 spiro atoms. The van der Waals surface area contributed by atoms with Gasteiger partial charge in [0, 0.05) is 5.75 Å². The Balaban J connectivity index is 1.90. The molecule has 3 nitrogen and oxygen atoms in total. The summed E-state index contributed by atoms with van der Waals surface area (Å²) in [6, 6.07) is 18.2. The van der Waals surface area contributed by atoms with E-state index in [-0.39, 0.29) is 11.9 Å². The van der Waals surface area contributed by atoms with Crippen LogP contribution in [0.4, 0.5) is 0 Å². The molecule has 1 atom stereocenters. The van der Waals surface area contributed by atoms with Gasteiger partial charge < -0.3 is 10.1 Å². The van der Waals surface area contributed by atoms with Crippen LogP contribution in [0.25, 0.3) is 0 Å². The summed E-state index contributed by atoms with van der Waals surface area (Å²) in [5, 5.41) is 3.19. The topological polar surface area (TPSA) is 38.3 Å². The molecule has 2 aromatic carbocycles. The van der Waals surface area contributed by atoms with E-state index >= 15 is 0 Å². The molecule has 0 saturated heterocycles. The van der Waals surface area contributed by atoms with Crippen molar-refractivity contribution in [2.24, 2.45) is 5.92 Å². The third-order valence-electron chi connectivity index (χ3n) is 3.91. The maximum atomic E-state index is 12.4. The molecule has 0 unspecified atom stereocenters. The largest absolute Gasteiger partial charge is 0.497 e. The molecule has 2 aromatic rings. The molecule has 2 rings (SSSR count). The van der Waals surface area contributed by atoms with Gasteiger partial charge in [-0.1, -0.05) is 56.3 Å². The van der Waals surface area contributed by atoms with Crippen molar-refractivity contribution < 1.29 is 9.53 Å². The number of carbonyl (C=O) groups excluding carboxylic acids is 1. The predicted molar refractivity (Wildman–Crippen MR) is 106 cm³/mol. The molecule has 1 N–H and O–H groups in total. The van der Waals surface area contributed by atoms with Crippen LogP contribution in [-0.4, -0.2) is 18.8 Å². The first-order valence-corrected chi connectivity index (χ1v) is 9.79. The minimum Gasteiger partial charge on any atom is -0.497 e. The molecule has 0 aliphatic heterocycles. The Morgan fingerprint density at radius 2 is 1.76 bits per heavy atom. The molecule has 25 heavy (non-hydrogen) atoms. The van der Waals surface area contributed by atoms with Crippen LogP contribution >= 0.6 is 11.8 Å². The van der Waals surface area contributed by atoms with Crippen molar-refractivity contribution in [1.82, 2.24) is 5.32 Å². The Bertz CT molecular complexity index is 641. The Labute approximate surface area is 155 Å². The second-order valence-electron chi connectivity index (χ2n) is 6.50. The van der Waals surface area contributed by atoms with Gasteiger partial charge in [0.2, 0.25) is 5.91 Å². The van der Waals surface area contributed by atoms with Crippen LogP contribution in [0.3, 0.4) is 0 Å². The summed E-state index contributed by atoms with van der Waals surface area (Å²) in [6.07, 6.45) is 0.918. The van der Waals surface area contributed by atoms with Crippen LogP contribution in [-0.2, 0) is 10.5 Å². The van der Waals surface area contributed by atoms with Gasteiger partial charge >= 0.3 is 0 Å². The van der Waals surface area contributed by atoms with Gasteiger partial charge in [-0.25, -0.2) is 0 Å². The van der Waals surface area contributed by atoms with E-state index in [0.29, 0.717) is 11.7 Å². The summed E-state index contributed by atoms with van der Waals surface area (Å²) < 4.78 is 5.22. The number of hydrogen-bond donors (Lipinski definition) is 1. The van der Waals surface area contributed by atoms with Crippen molar-refractivity contribution in [1.29, 1.82) is 0 Å². The zero-order chi connectivity index (χ0) is 18.1. The van der Waals surface area contributed by atoms with E-state index in [0.717, 1.165) is 23.5 Å². The normalized spacial score (nSPS) is 12.0. The van der Waals surface area contributed by atoms with E-state index in [1.165, 1.54) is 5.56 Å². The highest BCUT2D eigenvalue weighted by Crippen LogP contribution is 2.24. The second kappa shape index (κ2) is 10.1. The first-order valence-electron chi connectivity index (χ1n) is 8.63. The molecule has 0 radical (unpaired) electrons. The molecule has 0 heterocycles. The minimum atomic E-state index is 0.0377. The number of amides is 1. The molecular weight excluding hydrogens is 330 g/mol. The standard InChI is InChI=1S/C21H27NO2S/c1-16(2)13-20(18-9-11-19(24-3)12-10-18)22-21(23)15-25-14-17-7-5-4-6-8-17/h4-12,16,20H,13-15H2,1-3H3,(H,22,23)/t20-/m0/s1. The summed E-state index contributed by atoms with van der Waals surface area (Å²) in [6.45, 7) is 4.35. The summed E-state index contributed by atoms with van der Waals surface area (Å²) in [7, 11) is 1.66. The monoisotopic (exact) mass is 357 g/mol. The quantitative estimate of drug-likeness (QED) is 0.698. The van der Waals surface area contributed by atoms with E-state index in [4.69, 9.17) is 4.74 Å². The second-order valence-corrected chi connectivity index (χ2v) is 7.49. The summed E-state index contributed by atoms with van der Waals surface area (Å²) in [4.78, 5) is 12.4. The smallest absolute Gasteiger partial charge is 0.230 e. The van der Waals surface area contributed by atoms with Gasteiger partial charge in [-0.2, -0.15) is 0 Å². The minimum absolute atomic E-state index is 0.0377. The van der Waals surface area contributed by atoms with E-state index < -0.39 is 0 Å². The third-order valence-corrected chi connectivity index (χ3v) is 4.91. The molecule has 4 heteroatoms. The number of hydrogen-bond acceptors (Lipinski definition) is 3. The van der Waals surface area contributed by atoms with Crippen LogP contribution in [0.2, 0.25) is 0 Å². The molecule has 1 amide bonds. The summed E-state index contributed by atoms with van der Waals surface area (Å²) >= 11 is 1.64. The lowest BCUT2D eigenvalue weighted by molar-refractivity contribution is -0.119. The molecule has 0 aliphatic carbocycles. The fraction of sp³-hybridized carbons (Fsp3) is 0.381. The van der Waals surface area contributed by atoms with Gasteiger partial charge in [0.05, 0.1) is 18.9 Å². The number of ether oxygens (including phenoxy) is 1. The summed E-state index contributed by atoms with van der Waals surface area (Å²) in [5.74, 6) is 2.74.